The van der Waals surface area contributed by atoms with E-state index in [1.165, 1.54) is 46.1 Å². The molecule has 0 unspecified atom stereocenters. The third-order valence-corrected chi connectivity index (χ3v) is 4.88. The molecule has 0 spiro atoms. The van der Waals surface area contributed by atoms with Crippen molar-refractivity contribution in [3.05, 3.63) is 63.5 Å². The van der Waals surface area contributed by atoms with E-state index in [1.807, 2.05) is 0 Å². The number of benzene rings is 1. The molecule has 4 rings (SSSR count). The first-order valence-corrected chi connectivity index (χ1v) is 8.99. The van der Waals surface area contributed by atoms with E-state index in [0.29, 0.717) is 16.3 Å². The Morgan fingerprint density at radius 3 is 2.52 bits per heavy atom. The van der Waals surface area contributed by atoms with Gasteiger partial charge in [-0.15, -0.1) is 11.3 Å². The molecular formula is C18H13N3O5S. The molecule has 3 aromatic rings. The van der Waals surface area contributed by atoms with Gasteiger partial charge >= 0.3 is 5.97 Å². The Labute approximate surface area is 156 Å². The molecule has 0 radical (unpaired) electrons. The zero-order valence-electron chi connectivity index (χ0n) is 14.0. The molecule has 2 aromatic heterocycles. The average molecular weight is 383 g/mol. The number of imide groups is 1. The summed E-state index contributed by atoms with van der Waals surface area (Å²) < 4.78 is 6.62. The number of carbonyl (C=O) groups excluding carboxylic acids is 3. The van der Waals surface area contributed by atoms with Gasteiger partial charge in [-0.3, -0.25) is 23.7 Å². The minimum Gasteiger partial charge on any atom is -0.456 e. The molecule has 0 aliphatic carbocycles. The number of carbonyl (C=O) groups is 3. The molecule has 0 saturated carbocycles. The van der Waals surface area contributed by atoms with Gasteiger partial charge in [-0.25, -0.2) is 9.78 Å². The summed E-state index contributed by atoms with van der Waals surface area (Å²) in [5, 5.41) is 1.75. The summed E-state index contributed by atoms with van der Waals surface area (Å²) in [7, 11) is 0. The Bertz CT molecular complexity index is 1100. The highest BCUT2D eigenvalue weighted by Crippen LogP contribution is 2.23. The highest BCUT2D eigenvalue weighted by Gasteiger charge is 2.30. The molecule has 27 heavy (non-hydrogen) atoms. The number of thiazole rings is 1. The van der Waals surface area contributed by atoms with Crippen molar-refractivity contribution in [2.24, 2.45) is 0 Å². The molecule has 0 N–H and O–H groups in total. The van der Waals surface area contributed by atoms with Crippen LogP contribution in [0.1, 0.15) is 28.9 Å². The van der Waals surface area contributed by atoms with E-state index in [4.69, 9.17) is 4.74 Å². The fourth-order valence-electron chi connectivity index (χ4n) is 2.80. The third kappa shape index (κ3) is 3.24. The lowest BCUT2D eigenvalue weighted by atomic mass is 10.2. The molecule has 8 nitrogen and oxygen atoms in total. The summed E-state index contributed by atoms with van der Waals surface area (Å²) in [6, 6.07) is 7.35. The monoisotopic (exact) mass is 383 g/mol. The maximum absolute atomic E-state index is 12.2. The maximum atomic E-state index is 12.2. The smallest absolute Gasteiger partial charge is 0.338 e. The average Bonchev–Trinajstić information content (AvgIpc) is 3.27. The SMILES string of the molecule is O=C(OCc1cc(=O)n2ccsc2n1)c1ccc(N2C(=O)CCC2=O)cc1. The fraction of sp³-hybridized carbons (Fsp3) is 0.167. The van der Waals surface area contributed by atoms with Crippen LogP contribution in [0, 0.1) is 0 Å². The van der Waals surface area contributed by atoms with Gasteiger partial charge in [0.25, 0.3) is 5.56 Å². The first-order valence-electron chi connectivity index (χ1n) is 8.12. The van der Waals surface area contributed by atoms with E-state index in [-0.39, 0.29) is 42.4 Å². The molecule has 1 aliphatic rings. The second kappa shape index (κ2) is 6.76. The van der Waals surface area contributed by atoms with Crippen molar-refractivity contribution in [2.75, 3.05) is 4.90 Å². The second-order valence-corrected chi connectivity index (χ2v) is 6.76. The van der Waals surface area contributed by atoms with E-state index in [9.17, 15) is 19.2 Å². The van der Waals surface area contributed by atoms with Gasteiger partial charge in [-0.2, -0.15) is 0 Å². The van der Waals surface area contributed by atoms with Crippen LogP contribution in [-0.2, 0) is 20.9 Å². The van der Waals surface area contributed by atoms with Gasteiger partial charge in [-0.1, -0.05) is 0 Å². The van der Waals surface area contributed by atoms with Crippen molar-refractivity contribution in [3.8, 4) is 0 Å². The highest BCUT2D eigenvalue weighted by molar-refractivity contribution is 7.15. The first-order chi connectivity index (χ1) is 13.0. The lowest BCUT2D eigenvalue weighted by Crippen LogP contribution is -2.28. The Hall–Kier alpha value is -3.33. The molecule has 1 aromatic carbocycles. The van der Waals surface area contributed by atoms with Gasteiger partial charge in [0.05, 0.1) is 16.9 Å². The quantitative estimate of drug-likeness (QED) is 0.503. The van der Waals surface area contributed by atoms with Crippen LogP contribution >= 0.6 is 11.3 Å². The molecule has 1 aliphatic heterocycles. The summed E-state index contributed by atoms with van der Waals surface area (Å²) >= 11 is 1.31. The zero-order valence-corrected chi connectivity index (χ0v) is 14.8. The number of amides is 2. The summed E-state index contributed by atoms with van der Waals surface area (Å²) in [6.45, 7) is -0.132. The summed E-state index contributed by atoms with van der Waals surface area (Å²) in [4.78, 5) is 53.5. The standard InChI is InChI=1S/C18H13N3O5S/c22-14-5-6-15(23)21(14)13-3-1-11(2-4-13)17(25)26-10-12-9-16(24)20-7-8-27-18(20)19-12/h1-4,7-9H,5-6,10H2. The zero-order chi connectivity index (χ0) is 19.0. The van der Waals surface area contributed by atoms with Crippen molar-refractivity contribution in [1.29, 1.82) is 0 Å². The van der Waals surface area contributed by atoms with Gasteiger partial charge in [0, 0.05) is 30.5 Å². The van der Waals surface area contributed by atoms with Crippen LogP contribution in [-0.4, -0.2) is 27.2 Å². The number of esters is 1. The van der Waals surface area contributed by atoms with Gasteiger partial charge in [-0.05, 0) is 24.3 Å². The molecule has 1 fully saturated rings. The number of ether oxygens (including phenoxy) is 1. The van der Waals surface area contributed by atoms with Crippen LogP contribution < -0.4 is 10.5 Å². The van der Waals surface area contributed by atoms with Crippen LogP contribution in [0.25, 0.3) is 4.96 Å². The number of rotatable bonds is 4. The fourth-order valence-corrected chi connectivity index (χ4v) is 3.53. The Kier molecular flexibility index (Phi) is 4.28. The van der Waals surface area contributed by atoms with E-state index in [2.05, 4.69) is 4.98 Å². The van der Waals surface area contributed by atoms with Crippen molar-refractivity contribution in [1.82, 2.24) is 9.38 Å². The van der Waals surface area contributed by atoms with E-state index >= 15 is 0 Å². The number of nitrogens with zero attached hydrogens (tertiary/aromatic N) is 3. The Morgan fingerprint density at radius 1 is 1.11 bits per heavy atom. The van der Waals surface area contributed by atoms with Gasteiger partial charge < -0.3 is 4.74 Å². The van der Waals surface area contributed by atoms with Crippen molar-refractivity contribution in [3.63, 3.8) is 0 Å². The van der Waals surface area contributed by atoms with Crippen LogP contribution in [0.5, 0.6) is 0 Å². The molecule has 1 saturated heterocycles. The molecule has 3 heterocycles. The minimum atomic E-state index is -0.589. The van der Waals surface area contributed by atoms with Gasteiger partial charge in [0.2, 0.25) is 11.8 Å². The molecule has 2 amide bonds. The van der Waals surface area contributed by atoms with Gasteiger partial charge in [0.15, 0.2) is 4.96 Å². The van der Waals surface area contributed by atoms with Crippen LogP contribution in [0.3, 0.4) is 0 Å². The van der Waals surface area contributed by atoms with Gasteiger partial charge in [0.1, 0.15) is 6.61 Å². The molecule has 0 atom stereocenters. The van der Waals surface area contributed by atoms with Crippen molar-refractivity contribution < 1.29 is 19.1 Å². The number of anilines is 1. The lowest BCUT2D eigenvalue weighted by molar-refractivity contribution is -0.121. The number of aromatic nitrogens is 2. The number of fused-ring (bicyclic) bond motifs is 1. The minimum absolute atomic E-state index is 0.132. The Balaban J connectivity index is 1.45. The van der Waals surface area contributed by atoms with Crippen LogP contribution in [0.2, 0.25) is 0 Å². The largest absolute Gasteiger partial charge is 0.456 e. The molecular weight excluding hydrogens is 370 g/mol. The lowest BCUT2D eigenvalue weighted by Gasteiger charge is -2.14. The van der Waals surface area contributed by atoms with Crippen molar-refractivity contribution in [2.45, 2.75) is 19.4 Å². The summed E-state index contributed by atoms with van der Waals surface area (Å²) in [5.41, 5.74) is 0.820. The topological polar surface area (TPSA) is 98.1 Å². The molecule has 9 heteroatoms. The highest BCUT2D eigenvalue weighted by atomic mass is 32.1. The summed E-state index contributed by atoms with van der Waals surface area (Å²) in [5.74, 6) is -1.10. The first kappa shape index (κ1) is 17.1. The van der Waals surface area contributed by atoms with Crippen molar-refractivity contribution >= 4 is 39.8 Å². The maximum Gasteiger partial charge on any atom is 0.338 e. The van der Waals surface area contributed by atoms with Crippen LogP contribution in [0.15, 0.2) is 46.7 Å². The third-order valence-electron chi connectivity index (χ3n) is 4.12. The normalized spacial score (nSPS) is 14.1. The molecule has 0 bridgehead atoms. The second-order valence-electron chi connectivity index (χ2n) is 5.89. The predicted octanol–water partition coefficient (Wildman–Crippen LogP) is 1.77. The Morgan fingerprint density at radius 2 is 1.81 bits per heavy atom. The van der Waals surface area contributed by atoms with E-state index in [1.54, 1.807) is 11.6 Å². The number of hydrogen-bond donors (Lipinski definition) is 0. The predicted molar refractivity (Wildman–Crippen MR) is 96.6 cm³/mol. The van der Waals surface area contributed by atoms with E-state index in [0.717, 1.165) is 4.90 Å². The summed E-state index contributed by atoms with van der Waals surface area (Å²) in [6.07, 6.45) is 2.02. The van der Waals surface area contributed by atoms with E-state index < -0.39 is 5.97 Å². The number of hydrogen-bond acceptors (Lipinski definition) is 7. The van der Waals surface area contributed by atoms with Crippen LogP contribution in [0.4, 0.5) is 5.69 Å². The molecule has 136 valence electrons.